The molecule has 5 nitrogen and oxygen atoms in total. The molecule has 1 N–H and O–H groups in total. The molecule has 1 aliphatic heterocycles. The van der Waals surface area contributed by atoms with E-state index < -0.39 is 0 Å². The van der Waals surface area contributed by atoms with Crippen molar-refractivity contribution in [3.8, 4) is 17.3 Å². The highest BCUT2D eigenvalue weighted by molar-refractivity contribution is 5.47. The van der Waals surface area contributed by atoms with Crippen LogP contribution >= 0.6 is 0 Å². The van der Waals surface area contributed by atoms with Gasteiger partial charge >= 0.3 is 0 Å². The number of hydrogen-bond acceptors (Lipinski definition) is 5. The van der Waals surface area contributed by atoms with E-state index in [2.05, 4.69) is 14.9 Å². The van der Waals surface area contributed by atoms with Crippen LogP contribution in [0.2, 0.25) is 0 Å². The van der Waals surface area contributed by atoms with Gasteiger partial charge in [-0.2, -0.15) is 0 Å². The first-order chi connectivity index (χ1) is 11.3. The van der Waals surface area contributed by atoms with Gasteiger partial charge in [0.2, 0.25) is 0 Å². The van der Waals surface area contributed by atoms with Gasteiger partial charge in [0.15, 0.2) is 11.6 Å². The van der Waals surface area contributed by atoms with Crippen molar-refractivity contribution in [3.05, 3.63) is 65.7 Å². The molecule has 4 rings (SSSR count). The fraction of sp³-hybridized carbons (Fsp3) is 0.222. The second kappa shape index (κ2) is 5.85. The molecule has 5 heteroatoms. The van der Waals surface area contributed by atoms with Gasteiger partial charge in [0.05, 0.1) is 12.0 Å². The maximum atomic E-state index is 9.94. The van der Waals surface area contributed by atoms with Crippen LogP contribution in [0.25, 0.3) is 11.6 Å². The quantitative estimate of drug-likeness (QED) is 0.806. The summed E-state index contributed by atoms with van der Waals surface area (Å²) in [5, 5.41) is 9.94. The van der Waals surface area contributed by atoms with Crippen LogP contribution in [0.5, 0.6) is 5.75 Å². The van der Waals surface area contributed by atoms with Crippen molar-refractivity contribution < 1.29 is 9.52 Å². The molecular formula is C18H17N3O2. The number of benzene rings is 1. The minimum Gasteiger partial charge on any atom is -0.508 e. The Morgan fingerprint density at radius 1 is 1.17 bits per heavy atom. The lowest BCUT2D eigenvalue weighted by atomic mass is 10.1. The van der Waals surface area contributed by atoms with Gasteiger partial charge in [0, 0.05) is 31.4 Å². The van der Waals surface area contributed by atoms with Crippen molar-refractivity contribution in [1.82, 2.24) is 14.9 Å². The average molecular weight is 307 g/mol. The summed E-state index contributed by atoms with van der Waals surface area (Å²) < 4.78 is 5.38. The number of aromatic nitrogens is 2. The second-order valence-corrected chi connectivity index (χ2v) is 5.73. The molecule has 0 unspecified atom stereocenters. The van der Waals surface area contributed by atoms with Gasteiger partial charge in [-0.3, -0.25) is 4.90 Å². The fourth-order valence-corrected chi connectivity index (χ4v) is 2.90. The van der Waals surface area contributed by atoms with E-state index in [4.69, 9.17) is 4.42 Å². The van der Waals surface area contributed by atoms with Crippen LogP contribution in [0.4, 0.5) is 0 Å². The molecule has 0 saturated carbocycles. The smallest absolute Gasteiger partial charge is 0.195 e. The van der Waals surface area contributed by atoms with Gasteiger partial charge in [-0.25, -0.2) is 9.97 Å². The molecule has 0 aliphatic carbocycles. The summed E-state index contributed by atoms with van der Waals surface area (Å²) in [6.45, 7) is 2.40. The summed E-state index contributed by atoms with van der Waals surface area (Å²) in [6.07, 6.45) is 4.45. The van der Waals surface area contributed by atoms with E-state index in [0.29, 0.717) is 23.9 Å². The maximum absolute atomic E-state index is 9.94. The van der Waals surface area contributed by atoms with Gasteiger partial charge in [-0.05, 0) is 30.2 Å². The first-order valence-electron chi connectivity index (χ1n) is 7.67. The van der Waals surface area contributed by atoms with Gasteiger partial charge in [-0.15, -0.1) is 0 Å². The molecule has 0 spiro atoms. The lowest BCUT2D eigenvalue weighted by Gasteiger charge is -2.28. The van der Waals surface area contributed by atoms with Crippen LogP contribution in [-0.2, 0) is 19.5 Å². The Balaban J connectivity index is 1.56. The van der Waals surface area contributed by atoms with Crippen LogP contribution in [0.1, 0.15) is 16.8 Å². The first-order valence-corrected chi connectivity index (χ1v) is 7.67. The molecule has 0 amide bonds. The van der Waals surface area contributed by atoms with Gasteiger partial charge in [0.1, 0.15) is 5.75 Å². The summed E-state index contributed by atoms with van der Waals surface area (Å²) in [5.74, 6) is 1.65. The molecule has 0 radical (unpaired) electrons. The van der Waals surface area contributed by atoms with Gasteiger partial charge < -0.3 is 9.52 Å². The highest BCUT2D eigenvalue weighted by Crippen LogP contribution is 2.24. The zero-order valence-corrected chi connectivity index (χ0v) is 12.6. The minimum absolute atomic E-state index is 0.345. The molecule has 1 aromatic carbocycles. The zero-order chi connectivity index (χ0) is 15.6. The van der Waals surface area contributed by atoms with Crippen molar-refractivity contribution in [3.63, 3.8) is 0 Å². The van der Waals surface area contributed by atoms with E-state index in [1.807, 2.05) is 36.5 Å². The largest absolute Gasteiger partial charge is 0.508 e. The van der Waals surface area contributed by atoms with E-state index >= 15 is 0 Å². The molecule has 2 aromatic heterocycles. The lowest BCUT2D eigenvalue weighted by Crippen LogP contribution is -2.31. The Bertz CT molecular complexity index is 815. The summed E-state index contributed by atoms with van der Waals surface area (Å²) in [5.41, 5.74) is 3.16. The number of phenols is 1. The third-order valence-electron chi connectivity index (χ3n) is 4.15. The zero-order valence-electron chi connectivity index (χ0n) is 12.6. The highest BCUT2D eigenvalue weighted by atomic mass is 16.3. The number of aromatic hydroxyl groups is 1. The Hall–Kier alpha value is -2.66. The lowest BCUT2D eigenvalue weighted by molar-refractivity contribution is 0.238. The highest BCUT2D eigenvalue weighted by Gasteiger charge is 2.20. The van der Waals surface area contributed by atoms with Crippen molar-refractivity contribution >= 4 is 0 Å². The third kappa shape index (κ3) is 2.83. The predicted octanol–water partition coefficient (Wildman–Crippen LogP) is 3.00. The molecule has 3 aromatic rings. The summed E-state index contributed by atoms with van der Waals surface area (Å²) >= 11 is 0. The monoisotopic (exact) mass is 307 g/mol. The summed E-state index contributed by atoms with van der Waals surface area (Å²) in [4.78, 5) is 11.3. The first kappa shape index (κ1) is 14.0. The third-order valence-corrected chi connectivity index (χ3v) is 4.15. The Labute approximate surface area is 134 Å². The summed E-state index contributed by atoms with van der Waals surface area (Å²) in [6, 6.07) is 11.2. The molecule has 23 heavy (non-hydrogen) atoms. The van der Waals surface area contributed by atoms with Crippen LogP contribution in [0.15, 0.2) is 53.3 Å². The van der Waals surface area contributed by atoms with Crippen molar-refractivity contribution in [2.24, 2.45) is 0 Å². The summed E-state index contributed by atoms with van der Waals surface area (Å²) in [7, 11) is 0. The number of hydrogen-bond donors (Lipinski definition) is 1. The Morgan fingerprint density at radius 2 is 2.09 bits per heavy atom. The number of rotatable bonds is 3. The molecule has 0 atom stereocenters. The molecule has 3 heterocycles. The van der Waals surface area contributed by atoms with E-state index in [-0.39, 0.29) is 0 Å². The molecule has 0 bridgehead atoms. The average Bonchev–Trinajstić information content (AvgIpc) is 3.11. The standard InChI is InChI=1S/C18H17N3O2/c22-16-5-2-1-4-14(16)11-21-8-7-13-10-19-18(20-15(13)12-21)17-6-3-9-23-17/h1-6,9-10,22H,7-8,11-12H2. The molecule has 1 aliphatic rings. The number of phenolic OH excluding ortho intramolecular Hbond substituents is 1. The molecular weight excluding hydrogens is 290 g/mol. The van der Waals surface area contributed by atoms with Crippen LogP contribution < -0.4 is 0 Å². The van der Waals surface area contributed by atoms with Crippen LogP contribution in [0, 0.1) is 0 Å². The van der Waals surface area contributed by atoms with E-state index in [0.717, 1.165) is 30.8 Å². The van der Waals surface area contributed by atoms with E-state index in [1.165, 1.54) is 5.56 Å². The molecule has 116 valence electrons. The van der Waals surface area contributed by atoms with Crippen molar-refractivity contribution in [2.45, 2.75) is 19.5 Å². The number of para-hydroxylation sites is 1. The normalized spacial score (nSPS) is 14.6. The number of nitrogens with zero attached hydrogens (tertiary/aromatic N) is 3. The van der Waals surface area contributed by atoms with Gasteiger partial charge in [0.25, 0.3) is 0 Å². The molecule has 0 saturated heterocycles. The van der Waals surface area contributed by atoms with Crippen molar-refractivity contribution in [1.29, 1.82) is 0 Å². The van der Waals surface area contributed by atoms with Crippen LogP contribution in [-0.4, -0.2) is 26.5 Å². The van der Waals surface area contributed by atoms with Crippen molar-refractivity contribution in [2.75, 3.05) is 6.54 Å². The van der Waals surface area contributed by atoms with E-state index in [1.54, 1.807) is 12.3 Å². The van der Waals surface area contributed by atoms with Gasteiger partial charge in [-0.1, -0.05) is 18.2 Å². The Kier molecular flexibility index (Phi) is 3.55. The van der Waals surface area contributed by atoms with E-state index in [9.17, 15) is 5.11 Å². The fourth-order valence-electron chi connectivity index (χ4n) is 2.90. The minimum atomic E-state index is 0.345. The molecule has 0 fully saturated rings. The number of furan rings is 1. The number of fused-ring (bicyclic) bond motifs is 1. The maximum Gasteiger partial charge on any atom is 0.195 e. The SMILES string of the molecule is Oc1ccccc1CN1CCc2cnc(-c3ccco3)nc2C1. The second-order valence-electron chi connectivity index (χ2n) is 5.73. The topological polar surface area (TPSA) is 62.4 Å². The predicted molar refractivity (Wildman–Crippen MR) is 85.7 cm³/mol. The Morgan fingerprint density at radius 3 is 2.91 bits per heavy atom. The van der Waals surface area contributed by atoms with Crippen LogP contribution in [0.3, 0.4) is 0 Å².